The van der Waals surface area contributed by atoms with E-state index < -0.39 is 31.0 Å². The molecule has 0 atom stereocenters. The first-order valence-electron chi connectivity index (χ1n) is 17.5. The lowest BCUT2D eigenvalue weighted by molar-refractivity contribution is -0.929. The number of quaternary nitrogens is 1. The molecule has 3 aliphatic rings. The smallest absolute Gasteiger partial charge is 0.359 e. The number of hydrogen-bond acceptors (Lipinski definition) is 9. The van der Waals surface area contributed by atoms with Gasteiger partial charge in [0, 0.05) is 88.7 Å². The van der Waals surface area contributed by atoms with Crippen LogP contribution in [0.25, 0.3) is 11.3 Å². The molecular formula is C36H41Cl2F2N7O8. The van der Waals surface area contributed by atoms with Crippen LogP contribution in [0.1, 0.15) is 33.8 Å². The van der Waals surface area contributed by atoms with Crippen molar-refractivity contribution in [3.63, 3.8) is 0 Å². The van der Waals surface area contributed by atoms with Crippen molar-refractivity contribution >= 4 is 59.1 Å². The molecule has 0 radical (unpaired) electrons. The van der Waals surface area contributed by atoms with Crippen LogP contribution in [-0.4, -0.2) is 131 Å². The second-order valence-electron chi connectivity index (χ2n) is 13.7. The summed E-state index contributed by atoms with van der Waals surface area (Å²) < 4.78 is 33.7. The highest BCUT2D eigenvalue weighted by Crippen LogP contribution is 2.35. The number of piperidine rings is 1. The van der Waals surface area contributed by atoms with Gasteiger partial charge in [-0.3, -0.25) is 14.4 Å². The third-order valence-electron chi connectivity index (χ3n) is 10.3. The van der Waals surface area contributed by atoms with E-state index in [-0.39, 0.29) is 57.0 Å². The Morgan fingerprint density at radius 1 is 1.09 bits per heavy atom. The Morgan fingerprint density at radius 3 is 2.33 bits per heavy atom. The zero-order valence-corrected chi connectivity index (χ0v) is 31.5. The van der Waals surface area contributed by atoms with E-state index in [4.69, 9.17) is 33.1 Å². The molecule has 3 N–H and O–H groups in total. The Kier molecular flexibility index (Phi) is 13.7. The fraction of sp³-hybridized carbons (Fsp3) is 0.444. The average Bonchev–Trinajstić information content (AvgIpc) is 3.53. The van der Waals surface area contributed by atoms with Crippen molar-refractivity contribution in [2.24, 2.45) is 18.9 Å². The molecule has 3 fully saturated rings. The number of carbonyl (C=O) groups excluding carboxylic acids is 4. The maximum absolute atomic E-state index is 14.6. The van der Waals surface area contributed by atoms with Crippen LogP contribution < -0.4 is 20.5 Å². The number of anilines is 1. The first kappa shape index (κ1) is 41.3. The summed E-state index contributed by atoms with van der Waals surface area (Å²) >= 11 is 12.7. The van der Waals surface area contributed by atoms with Gasteiger partial charge in [0.05, 0.1) is 47.1 Å². The van der Waals surface area contributed by atoms with Crippen LogP contribution in [0.5, 0.6) is 5.75 Å². The molecule has 0 spiro atoms. The van der Waals surface area contributed by atoms with Crippen LogP contribution in [0.15, 0.2) is 36.5 Å². The van der Waals surface area contributed by atoms with Crippen molar-refractivity contribution in [1.29, 1.82) is 0 Å². The van der Waals surface area contributed by atoms with Gasteiger partial charge in [-0.15, -0.1) is 0 Å². The number of alkyl halides is 1. The number of aromatic nitrogens is 2. The van der Waals surface area contributed by atoms with Gasteiger partial charge < -0.3 is 49.2 Å². The number of piperazine rings is 1. The van der Waals surface area contributed by atoms with Gasteiger partial charge in [0.1, 0.15) is 0 Å². The van der Waals surface area contributed by atoms with E-state index in [1.807, 2.05) is 0 Å². The number of carboxylic acid groups (broad SMARTS) is 2. The Balaban J connectivity index is 0.00000187. The van der Waals surface area contributed by atoms with Gasteiger partial charge in [-0.1, -0.05) is 23.2 Å². The number of nitrogens with zero attached hydrogens (tertiary/aromatic N) is 5. The fourth-order valence-corrected chi connectivity index (χ4v) is 7.88. The number of likely N-dealkylation sites (tertiary alicyclic amines) is 1. The molecule has 0 aliphatic carbocycles. The minimum absolute atomic E-state index is 0.0163. The van der Waals surface area contributed by atoms with E-state index in [1.54, 1.807) is 22.9 Å². The number of aliphatic carboxylic acids is 1. The van der Waals surface area contributed by atoms with Crippen molar-refractivity contribution < 1.29 is 52.2 Å². The lowest BCUT2D eigenvalue weighted by atomic mass is 9.90. The zero-order valence-electron chi connectivity index (χ0n) is 29.9. The number of carbonyl (C=O) groups is 5. The first-order valence-corrected chi connectivity index (χ1v) is 18.3. The van der Waals surface area contributed by atoms with Crippen LogP contribution in [0.2, 0.25) is 10.0 Å². The minimum atomic E-state index is -1.22. The summed E-state index contributed by atoms with van der Waals surface area (Å²) in [5, 5.41) is 23.6. The van der Waals surface area contributed by atoms with Gasteiger partial charge >= 0.3 is 5.97 Å². The molecule has 15 nitrogen and oxygen atoms in total. The molecule has 3 aromatic rings. The van der Waals surface area contributed by atoms with Crippen molar-refractivity contribution in [1.82, 2.24) is 24.7 Å². The van der Waals surface area contributed by atoms with E-state index in [0.717, 1.165) is 19.6 Å². The molecule has 0 bridgehead atoms. The SMILES string of the molecule is Cn1c(-c2ccc(OCF)c(F)c2Cl)cnc1C(=O)Nc1ccc(C(=O)N2CCN(C(=O)C3CC[N+](CC(=O)O)(CC4CNC4)CC3)CC2)c(Cl)c1.O=C[O-]. The van der Waals surface area contributed by atoms with Crippen LogP contribution in [0, 0.1) is 17.7 Å². The monoisotopic (exact) mass is 807 g/mol. The van der Waals surface area contributed by atoms with Crippen molar-refractivity contribution in [2.75, 3.05) is 77.6 Å². The predicted octanol–water partition coefficient (Wildman–Crippen LogP) is 2.27. The third kappa shape index (κ3) is 9.52. The largest absolute Gasteiger partial charge is 0.554 e. The number of hydrogen-bond donors (Lipinski definition) is 3. The number of carboxylic acids is 1. The summed E-state index contributed by atoms with van der Waals surface area (Å²) in [6.45, 7) is 3.76. The molecule has 3 saturated heterocycles. The number of halogens is 4. The normalized spacial score (nSPS) is 19.8. The minimum Gasteiger partial charge on any atom is -0.554 e. The Bertz CT molecular complexity index is 1910. The summed E-state index contributed by atoms with van der Waals surface area (Å²) in [7, 11) is 1.55. The zero-order chi connectivity index (χ0) is 39.9. The summed E-state index contributed by atoms with van der Waals surface area (Å²) in [4.78, 5) is 67.5. The molecule has 0 saturated carbocycles. The lowest BCUT2D eigenvalue weighted by Crippen LogP contribution is -2.62. The number of imidazole rings is 1. The molecule has 19 heteroatoms. The molecular weight excluding hydrogens is 767 g/mol. The van der Waals surface area contributed by atoms with Crippen LogP contribution >= 0.6 is 23.2 Å². The number of benzene rings is 2. The van der Waals surface area contributed by atoms with E-state index in [1.165, 1.54) is 35.0 Å². The molecule has 6 rings (SSSR count). The van der Waals surface area contributed by atoms with Gasteiger partial charge in [0.2, 0.25) is 12.8 Å². The number of nitrogens with one attached hydrogen (secondary N) is 2. The second kappa shape index (κ2) is 18.2. The van der Waals surface area contributed by atoms with Crippen molar-refractivity contribution in [3.05, 3.63) is 63.8 Å². The lowest BCUT2D eigenvalue weighted by Gasteiger charge is -2.46. The van der Waals surface area contributed by atoms with Crippen LogP contribution in [0.3, 0.4) is 0 Å². The van der Waals surface area contributed by atoms with Gasteiger partial charge in [0.25, 0.3) is 11.8 Å². The maximum Gasteiger partial charge on any atom is 0.359 e. The van der Waals surface area contributed by atoms with Crippen LogP contribution in [-0.2, 0) is 21.4 Å². The summed E-state index contributed by atoms with van der Waals surface area (Å²) in [6.07, 6.45) is 2.64. The molecule has 3 amide bonds. The first-order chi connectivity index (χ1) is 26.3. The third-order valence-corrected chi connectivity index (χ3v) is 11.0. The standard InChI is InChI=1S/C35H39Cl2F2N7O6.CH2O2/c1-43-27(25-4-5-28(52-20-38)31(39)30(25)37)17-41-32(43)33(49)42-23-2-3-24(26(36)14-23)35(51)45-10-8-44(9-11-45)34(50)22-6-12-46(13-7-22,19-29(47)48)18-21-15-40-16-21;2-1-3/h2-5,14,17,21-22,40H,6-13,15-16,18-20H2,1H3,(H-,42,47,48,49,51);1H,(H,2,3). The Labute approximate surface area is 325 Å². The van der Waals surface area contributed by atoms with E-state index >= 15 is 0 Å². The number of amides is 3. The highest BCUT2D eigenvalue weighted by atomic mass is 35.5. The average molecular weight is 809 g/mol. The molecule has 0 unspecified atom stereocenters. The predicted molar refractivity (Wildman–Crippen MR) is 195 cm³/mol. The van der Waals surface area contributed by atoms with Crippen molar-refractivity contribution in [2.45, 2.75) is 12.8 Å². The van der Waals surface area contributed by atoms with Gasteiger partial charge in [0.15, 0.2) is 23.9 Å². The number of rotatable bonds is 11. The number of ether oxygens (including phenoxy) is 1. The molecule has 2 aromatic carbocycles. The molecule has 1 aromatic heterocycles. The van der Waals surface area contributed by atoms with Crippen LogP contribution in [0.4, 0.5) is 14.5 Å². The second-order valence-corrected chi connectivity index (χ2v) is 14.5. The van der Waals surface area contributed by atoms with Gasteiger partial charge in [-0.2, -0.15) is 0 Å². The highest BCUT2D eigenvalue weighted by Gasteiger charge is 2.42. The highest BCUT2D eigenvalue weighted by molar-refractivity contribution is 6.34. The van der Waals surface area contributed by atoms with E-state index in [2.05, 4.69) is 20.4 Å². The van der Waals surface area contributed by atoms with Crippen molar-refractivity contribution in [3.8, 4) is 17.0 Å². The molecule has 3 aliphatic heterocycles. The summed E-state index contributed by atoms with van der Waals surface area (Å²) in [6, 6.07) is 7.19. The van der Waals surface area contributed by atoms with Gasteiger partial charge in [-0.05, 0) is 30.3 Å². The Morgan fingerprint density at radius 2 is 1.75 bits per heavy atom. The molecule has 55 heavy (non-hydrogen) atoms. The molecule has 4 heterocycles. The quantitative estimate of drug-likeness (QED) is 0.192. The topological polar surface area (TPSA) is 186 Å². The summed E-state index contributed by atoms with van der Waals surface area (Å²) in [5.41, 5.74) is 1.11. The Hall–Kier alpha value is -4.84. The van der Waals surface area contributed by atoms with E-state index in [0.29, 0.717) is 73.9 Å². The van der Waals surface area contributed by atoms with Gasteiger partial charge in [-0.25, -0.2) is 18.6 Å². The summed E-state index contributed by atoms with van der Waals surface area (Å²) in [5.74, 6) is -2.64. The fourth-order valence-electron chi connectivity index (χ4n) is 7.36. The maximum atomic E-state index is 14.6. The van der Waals surface area contributed by atoms with E-state index in [9.17, 15) is 33.1 Å². The molecule has 296 valence electrons.